The molecule has 3 aromatic rings. The van der Waals surface area contributed by atoms with Crippen LogP contribution in [0.2, 0.25) is 0 Å². The lowest BCUT2D eigenvalue weighted by atomic mass is 10.1. The third kappa shape index (κ3) is 3.05. The Bertz CT molecular complexity index is 793. The number of hydrogen-bond donors (Lipinski definition) is 1. The summed E-state index contributed by atoms with van der Waals surface area (Å²) in [4.78, 5) is 20.7. The lowest BCUT2D eigenvalue weighted by Gasteiger charge is -2.07. The Labute approximate surface area is 122 Å². The van der Waals surface area contributed by atoms with Crippen LogP contribution >= 0.6 is 0 Å². The zero-order valence-corrected chi connectivity index (χ0v) is 11.7. The highest BCUT2D eigenvalue weighted by molar-refractivity contribution is 5.94. The fraction of sp³-hybridized carbons (Fsp3) is 0.118. The molecule has 1 N–H and O–H groups in total. The maximum atomic E-state index is 12.2. The second-order valence-electron chi connectivity index (χ2n) is 4.94. The number of amides is 1. The summed E-state index contributed by atoms with van der Waals surface area (Å²) in [5, 5.41) is 3.86. The largest absolute Gasteiger partial charge is 0.310 e. The van der Waals surface area contributed by atoms with Gasteiger partial charge in [-0.05, 0) is 36.2 Å². The fourth-order valence-electron chi connectivity index (χ4n) is 2.27. The van der Waals surface area contributed by atoms with Crippen LogP contribution in [0, 0.1) is 6.92 Å². The van der Waals surface area contributed by atoms with Crippen molar-refractivity contribution in [2.45, 2.75) is 13.3 Å². The van der Waals surface area contributed by atoms with E-state index in [1.165, 1.54) is 0 Å². The van der Waals surface area contributed by atoms with E-state index in [2.05, 4.69) is 15.3 Å². The molecule has 4 nitrogen and oxygen atoms in total. The monoisotopic (exact) mass is 277 g/mol. The van der Waals surface area contributed by atoms with Crippen molar-refractivity contribution >= 4 is 22.6 Å². The molecule has 2 aromatic heterocycles. The van der Waals surface area contributed by atoms with Gasteiger partial charge in [0.1, 0.15) is 5.82 Å². The highest BCUT2D eigenvalue weighted by atomic mass is 16.1. The van der Waals surface area contributed by atoms with E-state index in [1.54, 1.807) is 12.4 Å². The zero-order valence-electron chi connectivity index (χ0n) is 11.7. The van der Waals surface area contributed by atoms with Gasteiger partial charge in [0, 0.05) is 17.8 Å². The van der Waals surface area contributed by atoms with E-state index in [0.29, 0.717) is 5.82 Å². The summed E-state index contributed by atoms with van der Waals surface area (Å²) < 4.78 is 0. The number of para-hydroxylation sites is 1. The van der Waals surface area contributed by atoms with Gasteiger partial charge in [0.25, 0.3) is 0 Å². The Morgan fingerprint density at radius 1 is 1.10 bits per heavy atom. The number of anilines is 1. The van der Waals surface area contributed by atoms with Gasteiger partial charge in [0.2, 0.25) is 5.91 Å². The average molecular weight is 277 g/mol. The maximum absolute atomic E-state index is 12.2. The van der Waals surface area contributed by atoms with Gasteiger partial charge in [-0.25, -0.2) is 4.98 Å². The minimum atomic E-state index is -0.0914. The Kier molecular flexibility index (Phi) is 3.60. The molecule has 0 bridgehead atoms. The van der Waals surface area contributed by atoms with Crippen molar-refractivity contribution in [1.29, 1.82) is 0 Å². The number of aromatic nitrogens is 2. The minimum absolute atomic E-state index is 0.0914. The second-order valence-corrected chi connectivity index (χ2v) is 4.94. The summed E-state index contributed by atoms with van der Waals surface area (Å²) >= 11 is 0. The van der Waals surface area contributed by atoms with Crippen LogP contribution < -0.4 is 5.32 Å². The van der Waals surface area contributed by atoms with E-state index in [0.717, 1.165) is 22.0 Å². The average Bonchev–Trinajstić information content (AvgIpc) is 2.47. The van der Waals surface area contributed by atoms with Crippen molar-refractivity contribution in [2.24, 2.45) is 0 Å². The number of aryl methyl sites for hydroxylation is 1. The van der Waals surface area contributed by atoms with Crippen molar-refractivity contribution in [2.75, 3.05) is 5.32 Å². The van der Waals surface area contributed by atoms with E-state index in [9.17, 15) is 4.79 Å². The SMILES string of the molecule is Cc1ccnc(NC(=O)Cc2cccc3cccnc23)c1. The molecule has 0 fully saturated rings. The van der Waals surface area contributed by atoms with Gasteiger partial charge in [0.15, 0.2) is 0 Å². The van der Waals surface area contributed by atoms with E-state index in [4.69, 9.17) is 0 Å². The third-order valence-corrected chi connectivity index (χ3v) is 3.25. The van der Waals surface area contributed by atoms with Crippen LogP contribution in [0.5, 0.6) is 0 Å². The van der Waals surface area contributed by atoms with E-state index in [-0.39, 0.29) is 12.3 Å². The molecule has 21 heavy (non-hydrogen) atoms. The number of carbonyl (C=O) groups excluding carboxylic acids is 1. The van der Waals surface area contributed by atoms with Gasteiger partial charge in [-0.2, -0.15) is 0 Å². The molecule has 104 valence electrons. The third-order valence-electron chi connectivity index (χ3n) is 3.25. The molecular weight excluding hydrogens is 262 g/mol. The van der Waals surface area contributed by atoms with Crippen LogP contribution in [-0.4, -0.2) is 15.9 Å². The van der Waals surface area contributed by atoms with Crippen LogP contribution in [0.3, 0.4) is 0 Å². The minimum Gasteiger partial charge on any atom is -0.310 e. The molecule has 0 aliphatic heterocycles. The van der Waals surface area contributed by atoms with E-state index < -0.39 is 0 Å². The molecule has 4 heteroatoms. The van der Waals surface area contributed by atoms with Crippen LogP contribution in [0.4, 0.5) is 5.82 Å². The molecule has 0 saturated carbocycles. The Morgan fingerprint density at radius 3 is 2.81 bits per heavy atom. The molecule has 1 amide bonds. The molecule has 0 radical (unpaired) electrons. The molecule has 2 heterocycles. The first kappa shape index (κ1) is 13.2. The summed E-state index contributed by atoms with van der Waals surface area (Å²) in [5.41, 5.74) is 2.85. The second kappa shape index (κ2) is 5.71. The molecule has 3 rings (SSSR count). The van der Waals surface area contributed by atoms with Gasteiger partial charge in [0.05, 0.1) is 11.9 Å². The molecule has 0 unspecified atom stereocenters. The van der Waals surface area contributed by atoms with Crippen molar-refractivity contribution < 1.29 is 4.79 Å². The first-order valence-corrected chi connectivity index (χ1v) is 6.77. The first-order chi connectivity index (χ1) is 10.2. The maximum Gasteiger partial charge on any atom is 0.230 e. The Balaban J connectivity index is 1.80. The van der Waals surface area contributed by atoms with Crippen LogP contribution in [0.15, 0.2) is 54.9 Å². The number of benzene rings is 1. The number of nitrogens with one attached hydrogen (secondary N) is 1. The highest BCUT2D eigenvalue weighted by Crippen LogP contribution is 2.17. The van der Waals surface area contributed by atoms with Crippen molar-refractivity contribution in [3.05, 3.63) is 66.0 Å². The highest BCUT2D eigenvalue weighted by Gasteiger charge is 2.08. The van der Waals surface area contributed by atoms with Gasteiger partial charge >= 0.3 is 0 Å². The quantitative estimate of drug-likeness (QED) is 0.800. The zero-order chi connectivity index (χ0) is 14.7. The van der Waals surface area contributed by atoms with E-state index >= 15 is 0 Å². The topological polar surface area (TPSA) is 54.9 Å². The molecule has 0 atom stereocenters. The predicted octanol–water partition coefficient (Wildman–Crippen LogP) is 3.12. The lowest BCUT2D eigenvalue weighted by Crippen LogP contribution is -2.15. The first-order valence-electron chi connectivity index (χ1n) is 6.77. The molecule has 0 aliphatic rings. The summed E-state index contributed by atoms with van der Waals surface area (Å²) in [6.07, 6.45) is 3.71. The number of pyridine rings is 2. The van der Waals surface area contributed by atoms with Gasteiger partial charge in [-0.3, -0.25) is 9.78 Å². The number of fused-ring (bicyclic) bond motifs is 1. The molecule has 0 saturated heterocycles. The van der Waals surface area contributed by atoms with Crippen LogP contribution in [0.1, 0.15) is 11.1 Å². The summed E-state index contributed by atoms with van der Waals surface area (Å²) in [6.45, 7) is 1.96. The molecule has 1 aromatic carbocycles. The standard InChI is InChI=1S/C17H15N3O/c1-12-7-9-18-15(10-12)20-16(21)11-14-5-2-4-13-6-3-8-19-17(13)14/h2-10H,11H2,1H3,(H,18,20,21). The fourth-order valence-corrected chi connectivity index (χ4v) is 2.27. The Hall–Kier alpha value is -2.75. The predicted molar refractivity (Wildman–Crippen MR) is 83.1 cm³/mol. The van der Waals surface area contributed by atoms with Gasteiger partial charge < -0.3 is 5.32 Å². The van der Waals surface area contributed by atoms with Crippen molar-refractivity contribution in [1.82, 2.24) is 9.97 Å². The molecule has 0 aliphatic carbocycles. The molecular formula is C17H15N3O. The number of carbonyl (C=O) groups is 1. The van der Waals surface area contributed by atoms with Crippen LogP contribution in [0.25, 0.3) is 10.9 Å². The van der Waals surface area contributed by atoms with Crippen molar-refractivity contribution in [3.8, 4) is 0 Å². The van der Waals surface area contributed by atoms with Gasteiger partial charge in [-0.15, -0.1) is 0 Å². The summed E-state index contributed by atoms with van der Waals surface area (Å²) in [5.74, 6) is 0.486. The van der Waals surface area contributed by atoms with Crippen molar-refractivity contribution in [3.63, 3.8) is 0 Å². The number of rotatable bonds is 3. The normalized spacial score (nSPS) is 10.5. The van der Waals surface area contributed by atoms with E-state index in [1.807, 2.05) is 49.4 Å². The lowest BCUT2D eigenvalue weighted by molar-refractivity contribution is -0.115. The number of hydrogen-bond acceptors (Lipinski definition) is 3. The van der Waals surface area contributed by atoms with Gasteiger partial charge in [-0.1, -0.05) is 24.3 Å². The summed E-state index contributed by atoms with van der Waals surface area (Å²) in [6, 6.07) is 13.5. The number of nitrogens with zero attached hydrogens (tertiary/aromatic N) is 2. The molecule has 0 spiro atoms. The summed E-state index contributed by atoms with van der Waals surface area (Å²) in [7, 11) is 0. The smallest absolute Gasteiger partial charge is 0.230 e. The Morgan fingerprint density at radius 2 is 1.95 bits per heavy atom. The van der Waals surface area contributed by atoms with Crippen LogP contribution in [-0.2, 0) is 11.2 Å².